The van der Waals surface area contributed by atoms with Gasteiger partial charge in [-0.1, -0.05) is 6.92 Å². The first-order chi connectivity index (χ1) is 8.48. The normalized spacial score (nSPS) is 28.6. The fraction of sp³-hybridized carbons (Fsp3) is 0.769. The molecule has 0 bridgehead atoms. The Morgan fingerprint density at radius 1 is 1.61 bits per heavy atom. The molecule has 1 aliphatic rings. The lowest BCUT2D eigenvalue weighted by Crippen LogP contribution is -2.50. The van der Waals surface area contributed by atoms with Gasteiger partial charge in [-0.05, 0) is 48.7 Å². The molecule has 1 aromatic rings. The Kier molecular flexibility index (Phi) is 4.14. The average molecular weight is 316 g/mol. The van der Waals surface area contributed by atoms with E-state index in [1.165, 1.54) is 0 Å². The second-order valence-corrected chi connectivity index (χ2v) is 6.09. The van der Waals surface area contributed by atoms with Gasteiger partial charge in [0.1, 0.15) is 0 Å². The molecule has 1 aliphatic heterocycles. The minimum absolute atomic E-state index is 0.263. The number of halogens is 1. The zero-order chi connectivity index (χ0) is 13.3. The Labute approximate surface area is 117 Å². The molecule has 0 amide bonds. The highest BCUT2D eigenvalue weighted by atomic mass is 79.9. The van der Waals surface area contributed by atoms with E-state index in [1.54, 1.807) is 0 Å². The van der Waals surface area contributed by atoms with Crippen molar-refractivity contribution in [2.24, 2.45) is 5.92 Å². The Bertz CT molecular complexity index is 432. The Morgan fingerprint density at radius 3 is 2.94 bits per heavy atom. The Morgan fingerprint density at radius 2 is 2.33 bits per heavy atom. The number of hydrogen-bond acceptors (Lipinski definition) is 3. The molecule has 18 heavy (non-hydrogen) atoms. The summed E-state index contributed by atoms with van der Waals surface area (Å²) in [5, 5.41) is 18.7. The molecule has 2 heterocycles. The highest BCUT2D eigenvalue weighted by Gasteiger charge is 2.37. The molecule has 4 nitrogen and oxygen atoms in total. The van der Waals surface area contributed by atoms with Crippen LogP contribution in [0.3, 0.4) is 0 Å². The zero-order valence-electron chi connectivity index (χ0n) is 11.3. The van der Waals surface area contributed by atoms with Crippen LogP contribution in [-0.4, -0.2) is 33.6 Å². The third-order valence-electron chi connectivity index (χ3n) is 4.03. The van der Waals surface area contributed by atoms with E-state index in [4.69, 9.17) is 0 Å². The number of hydrogen-bond donors (Lipinski definition) is 2. The molecule has 0 spiro atoms. The van der Waals surface area contributed by atoms with Crippen molar-refractivity contribution in [2.45, 2.75) is 45.8 Å². The lowest BCUT2D eigenvalue weighted by Gasteiger charge is -2.38. The molecule has 1 saturated heterocycles. The Hall–Kier alpha value is -0.390. The van der Waals surface area contributed by atoms with Crippen LogP contribution in [0.25, 0.3) is 0 Å². The van der Waals surface area contributed by atoms with E-state index in [-0.39, 0.29) is 5.92 Å². The van der Waals surface area contributed by atoms with Gasteiger partial charge in [0.15, 0.2) is 0 Å². The average Bonchev–Trinajstić information content (AvgIpc) is 2.61. The second kappa shape index (κ2) is 5.31. The largest absolute Gasteiger partial charge is 0.389 e. The van der Waals surface area contributed by atoms with E-state index in [0.717, 1.165) is 41.9 Å². The van der Waals surface area contributed by atoms with Gasteiger partial charge in [0.05, 0.1) is 21.5 Å². The number of nitrogens with one attached hydrogen (secondary N) is 1. The van der Waals surface area contributed by atoms with Gasteiger partial charge in [-0.25, -0.2) is 0 Å². The maximum atomic E-state index is 10.8. The first kappa shape index (κ1) is 14.0. The molecule has 1 fully saturated rings. The van der Waals surface area contributed by atoms with Gasteiger partial charge in [-0.2, -0.15) is 5.10 Å². The number of nitrogens with zero attached hydrogens (tertiary/aromatic N) is 2. The Balaban J connectivity index is 2.27. The van der Waals surface area contributed by atoms with Crippen LogP contribution in [0.5, 0.6) is 0 Å². The van der Waals surface area contributed by atoms with Crippen molar-refractivity contribution < 1.29 is 5.11 Å². The predicted octanol–water partition coefficient (Wildman–Crippen LogP) is 1.88. The molecule has 2 N–H and O–H groups in total. The van der Waals surface area contributed by atoms with Gasteiger partial charge < -0.3 is 10.4 Å². The van der Waals surface area contributed by atoms with Gasteiger partial charge in [0, 0.05) is 19.5 Å². The standard InChI is InChI=1S/C13H22BrN3O/c1-4-17-11(12(14)10(3)16-17)7-13(18)5-6-15-8-9(13)2/h9,15,18H,4-8H2,1-3H3. The fourth-order valence-corrected chi connectivity index (χ4v) is 3.07. The summed E-state index contributed by atoms with van der Waals surface area (Å²) in [5.74, 6) is 0.263. The van der Waals surface area contributed by atoms with Crippen molar-refractivity contribution in [3.63, 3.8) is 0 Å². The first-order valence-corrected chi connectivity index (χ1v) is 7.42. The quantitative estimate of drug-likeness (QED) is 0.895. The van der Waals surface area contributed by atoms with E-state index >= 15 is 0 Å². The molecule has 1 aromatic heterocycles. The summed E-state index contributed by atoms with van der Waals surface area (Å²) in [4.78, 5) is 0. The van der Waals surface area contributed by atoms with Crippen LogP contribution in [0, 0.1) is 12.8 Å². The molecular formula is C13H22BrN3O. The van der Waals surface area contributed by atoms with Crippen LogP contribution in [0.2, 0.25) is 0 Å². The molecule has 0 aromatic carbocycles. The highest BCUT2D eigenvalue weighted by molar-refractivity contribution is 9.10. The van der Waals surface area contributed by atoms with Gasteiger partial charge in [0.2, 0.25) is 0 Å². The van der Waals surface area contributed by atoms with Gasteiger partial charge >= 0.3 is 0 Å². The smallest absolute Gasteiger partial charge is 0.0752 e. The lowest BCUT2D eigenvalue weighted by molar-refractivity contribution is -0.0345. The maximum Gasteiger partial charge on any atom is 0.0752 e. The van der Waals surface area contributed by atoms with Crippen molar-refractivity contribution >= 4 is 15.9 Å². The highest BCUT2D eigenvalue weighted by Crippen LogP contribution is 2.32. The summed E-state index contributed by atoms with van der Waals surface area (Å²) in [7, 11) is 0. The molecule has 2 rings (SSSR count). The van der Waals surface area contributed by atoms with Crippen LogP contribution >= 0.6 is 15.9 Å². The van der Waals surface area contributed by atoms with E-state index in [1.807, 2.05) is 11.6 Å². The molecule has 0 saturated carbocycles. The van der Waals surface area contributed by atoms with Crippen LogP contribution in [-0.2, 0) is 13.0 Å². The fourth-order valence-electron chi connectivity index (χ4n) is 2.65. The molecule has 0 radical (unpaired) electrons. The van der Waals surface area contributed by atoms with E-state index in [2.05, 4.69) is 40.2 Å². The second-order valence-electron chi connectivity index (χ2n) is 5.30. The van der Waals surface area contributed by atoms with Gasteiger partial charge in [0.25, 0.3) is 0 Å². The number of piperidine rings is 1. The van der Waals surface area contributed by atoms with Crippen LogP contribution < -0.4 is 5.32 Å². The van der Waals surface area contributed by atoms with Crippen molar-refractivity contribution in [1.82, 2.24) is 15.1 Å². The molecule has 102 valence electrons. The van der Waals surface area contributed by atoms with Crippen molar-refractivity contribution in [3.8, 4) is 0 Å². The van der Waals surface area contributed by atoms with E-state index in [9.17, 15) is 5.11 Å². The number of rotatable bonds is 3. The van der Waals surface area contributed by atoms with Crippen molar-refractivity contribution in [2.75, 3.05) is 13.1 Å². The minimum Gasteiger partial charge on any atom is -0.389 e. The molecule has 0 aliphatic carbocycles. The van der Waals surface area contributed by atoms with Crippen LogP contribution in [0.4, 0.5) is 0 Å². The van der Waals surface area contributed by atoms with Crippen molar-refractivity contribution in [3.05, 3.63) is 15.9 Å². The minimum atomic E-state index is -0.618. The summed E-state index contributed by atoms with van der Waals surface area (Å²) in [6, 6.07) is 0. The van der Waals surface area contributed by atoms with Gasteiger partial charge in [-0.15, -0.1) is 0 Å². The topological polar surface area (TPSA) is 50.1 Å². The SMILES string of the molecule is CCn1nc(C)c(Br)c1CC1(O)CCNCC1C. The third-order valence-corrected chi connectivity index (χ3v) is 5.06. The molecular weight excluding hydrogens is 294 g/mol. The lowest BCUT2D eigenvalue weighted by atomic mass is 9.79. The van der Waals surface area contributed by atoms with E-state index in [0.29, 0.717) is 6.42 Å². The summed E-state index contributed by atoms with van der Waals surface area (Å²) in [6.07, 6.45) is 1.47. The number of aromatic nitrogens is 2. The summed E-state index contributed by atoms with van der Waals surface area (Å²) in [5.41, 5.74) is 1.50. The van der Waals surface area contributed by atoms with Crippen LogP contribution in [0.15, 0.2) is 4.47 Å². The van der Waals surface area contributed by atoms with Crippen LogP contribution in [0.1, 0.15) is 31.7 Å². The maximum absolute atomic E-state index is 10.8. The monoisotopic (exact) mass is 315 g/mol. The first-order valence-electron chi connectivity index (χ1n) is 6.63. The predicted molar refractivity (Wildman–Crippen MR) is 75.6 cm³/mol. The molecule has 2 unspecified atom stereocenters. The third kappa shape index (κ3) is 2.49. The van der Waals surface area contributed by atoms with Crippen molar-refractivity contribution in [1.29, 1.82) is 0 Å². The zero-order valence-corrected chi connectivity index (χ0v) is 12.9. The number of aryl methyl sites for hydroxylation is 2. The molecule has 2 atom stereocenters. The summed E-state index contributed by atoms with van der Waals surface area (Å²) >= 11 is 3.60. The van der Waals surface area contributed by atoms with E-state index < -0.39 is 5.60 Å². The summed E-state index contributed by atoms with van der Waals surface area (Å²) in [6.45, 7) is 8.79. The van der Waals surface area contributed by atoms with Gasteiger partial charge in [-0.3, -0.25) is 4.68 Å². The summed E-state index contributed by atoms with van der Waals surface area (Å²) < 4.78 is 3.04. The number of aliphatic hydroxyl groups is 1. The molecule has 5 heteroatoms.